The van der Waals surface area contributed by atoms with E-state index in [2.05, 4.69) is 38.3 Å². The van der Waals surface area contributed by atoms with Crippen molar-refractivity contribution in [2.24, 2.45) is 47.3 Å². The van der Waals surface area contributed by atoms with E-state index in [1.807, 2.05) is 13.8 Å². The Kier molecular flexibility index (Phi) is 23.7. The smallest absolute Gasteiger partial charge is 0.220 e. The van der Waals surface area contributed by atoms with Crippen molar-refractivity contribution in [1.82, 2.24) is 10.6 Å². The Morgan fingerprint density at radius 2 is 0.883 bits per heavy atom. The lowest BCUT2D eigenvalue weighted by Crippen LogP contribution is -2.39. The number of hydrogen-bond acceptors (Lipinski definition) is 8. The predicted octanol–water partition coefficient (Wildman–Crippen LogP) is 9.58. The van der Waals surface area contributed by atoms with Crippen molar-refractivity contribution in [2.75, 3.05) is 39.6 Å². The zero-order valence-corrected chi connectivity index (χ0v) is 39.0. The van der Waals surface area contributed by atoms with Crippen LogP contribution in [0.25, 0.3) is 0 Å². The molecule has 4 aliphatic rings. The SMILES string of the molecule is CC(C)OCC1CCC(COCCCC(=O)NC2CCC(C(=O)C(C)CCC(C)OCC3CCC(COCCCC(=O)NC4CCC(C(=O)C(C)C)CC4)CC3)CC2)CC1. The van der Waals surface area contributed by atoms with Crippen molar-refractivity contribution >= 4 is 23.4 Å². The van der Waals surface area contributed by atoms with Gasteiger partial charge in [0.1, 0.15) is 11.6 Å². The van der Waals surface area contributed by atoms with Gasteiger partial charge in [0, 0.05) is 88.2 Å². The van der Waals surface area contributed by atoms with Gasteiger partial charge in [0.2, 0.25) is 11.8 Å². The fourth-order valence-electron chi connectivity index (χ4n) is 10.2. The molecule has 2 N–H and O–H groups in total. The lowest BCUT2D eigenvalue weighted by molar-refractivity contribution is -0.128. The molecule has 4 aliphatic carbocycles. The van der Waals surface area contributed by atoms with Gasteiger partial charge in [0.25, 0.3) is 0 Å². The van der Waals surface area contributed by atoms with E-state index >= 15 is 0 Å². The predicted molar refractivity (Wildman–Crippen MR) is 239 cm³/mol. The highest BCUT2D eigenvalue weighted by Gasteiger charge is 2.31. The van der Waals surface area contributed by atoms with Gasteiger partial charge in [-0.1, -0.05) is 20.8 Å². The number of ketones is 2. The molecule has 2 atom stereocenters. The van der Waals surface area contributed by atoms with E-state index < -0.39 is 0 Å². The zero-order valence-electron chi connectivity index (χ0n) is 39.0. The third-order valence-corrected chi connectivity index (χ3v) is 14.4. The minimum atomic E-state index is 0.0402. The summed E-state index contributed by atoms with van der Waals surface area (Å²) >= 11 is 0. The maximum atomic E-state index is 13.3. The first kappa shape index (κ1) is 50.8. The molecule has 0 aromatic carbocycles. The van der Waals surface area contributed by atoms with Gasteiger partial charge < -0.3 is 29.6 Å². The largest absolute Gasteiger partial charge is 0.381 e. The summed E-state index contributed by atoms with van der Waals surface area (Å²) in [5.74, 6) is 3.89. The summed E-state index contributed by atoms with van der Waals surface area (Å²) in [4.78, 5) is 50.7. The van der Waals surface area contributed by atoms with Crippen LogP contribution in [-0.4, -0.2) is 87.3 Å². The van der Waals surface area contributed by atoms with Gasteiger partial charge in [0.05, 0.1) is 12.2 Å². The topological polar surface area (TPSA) is 129 Å². The standard InChI is InChI=1S/C50H88N2O8/c1-35(2)49(55)43-21-25-45(26-22-43)51-47(53)9-7-30-58-32-40-15-19-42(20-16-40)34-60-38(6)12-11-37(5)50(56)44-23-27-46(28-24-44)52-48(54)10-8-29-57-31-39-13-17-41(18-14-39)33-59-36(3)4/h35-46H,7-34H2,1-6H3,(H,51,53)(H,52,54). The second-order valence-corrected chi connectivity index (χ2v) is 20.3. The number of rotatable bonds is 27. The summed E-state index contributed by atoms with van der Waals surface area (Å²) < 4.78 is 24.0. The molecule has 0 aromatic rings. The maximum Gasteiger partial charge on any atom is 0.220 e. The van der Waals surface area contributed by atoms with Crippen LogP contribution >= 0.6 is 0 Å². The van der Waals surface area contributed by atoms with Crippen LogP contribution in [0, 0.1) is 47.3 Å². The Hall–Kier alpha value is -1.88. The minimum Gasteiger partial charge on any atom is -0.381 e. The molecule has 0 radical (unpaired) electrons. The molecule has 0 spiro atoms. The maximum absolute atomic E-state index is 13.3. The average molecular weight is 845 g/mol. The fourth-order valence-corrected chi connectivity index (χ4v) is 10.2. The summed E-state index contributed by atoms with van der Waals surface area (Å²) in [6.07, 6.45) is 21.3. The van der Waals surface area contributed by atoms with E-state index in [9.17, 15) is 19.2 Å². The highest BCUT2D eigenvalue weighted by molar-refractivity contribution is 5.83. The normalized spacial score (nSPS) is 28.6. The summed E-state index contributed by atoms with van der Waals surface area (Å²) in [6.45, 7) is 16.9. The van der Waals surface area contributed by atoms with Crippen LogP contribution in [0.5, 0.6) is 0 Å². The summed E-state index contributed by atoms with van der Waals surface area (Å²) in [5.41, 5.74) is 0. The van der Waals surface area contributed by atoms with Crippen LogP contribution in [-0.2, 0) is 38.1 Å². The van der Waals surface area contributed by atoms with E-state index in [4.69, 9.17) is 18.9 Å². The van der Waals surface area contributed by atoms with Crippen molar-refractivity contribution in [3.05, 3.63) is 0 Å². The van der Waals surface area contributed by atoms with Crippen LogP contribution in [0.3, 0.4) is 0 Å². The van der Waals surface area contributed by atoms with Crippen molar-refractivity contribution in [3.63, 3.8) is 0 Å². The molecule has 346 valence electrons. The van der Waals surface area contributed by atoms with E-state index in [-0.39, 0.29) is 53.7 Å². The second-order valence-electron chi connectivity index (χ2n) is 20.3. The number of nitrogens with one attached hydrogen (secondary N) is 2. The number of hydrogen-bond donors (Lipinski definition) is 2. The lowest BCUT2D eigenvalue weighted by atomic mass is 9.79. The van der Waals surface area contributed by atoms with Crippen molar-refractivity contribution in [2.45, 2.75) is 207 Å². The molecule has 10 heteroatoms. The van der Waals surface area contributed by atoms with Crippen LogP contribution in [0.1, 0.15) is 183 Å². The molecule has 4 rings (SSSR count). The van der Waals surface area contributed by atoms with E-state index in [1.165, 1.54) is 25.7 Å². The molecule has 4 fully saturated rings. The average Bonchev–Trinajstić information content (AvgIpc) is 3.24. The van der Waals surface area contributed by atoms with Crippen LogP contribution < -0.4 is 10.6 Å². The van der Waals surface area contributed by atoms with Crippen LogP contribution in [0.4, 0.5) is 0 Å². The Labute approximate surface area is 365 Å². The molecule has 10 nitrogen and oxygen atoms in total. The number of amides is 2. The van der Waals surface area contributed by atoms with Gasteiger partial charge in [-0.25, -0.2) is 0 Å². The lowest BCUT2D eigenvalue weighted by Gasteiger charge is -2.30. The minimum absolute atomic E-state index is 0.0402. The molecule has 2 unspecified atom stereocenters. The molecule has 2 amide bonds. The highest BCUT2D eigenvalue weighted by Crippen LogP contribution is 2.32. The molecule has 0 aromatic heterocycles. The summed E-state index contributed by atoms with van der Waals surface area (Å²) in [7, 11) is 0. The van der Waals surface area contributed by atoms with Crippen LogP contribution in [0.15, 0.2) is 0 Å². The molecular weight excluding hydrogens is 757 g/mol. The van der Waals surface area contributed by atoms with E-state index in [0.717, 1.165) is 129 Å². The fraction of sp³-hybridized carbons (Fsp3) is 0.920. The third-order valence-electron chi connectivity index (χ3n) is 14.4. The highest BCUT2D eigenvalue weighted by atomic mass is 16.5. The number of ether oxygens (including phenoxy) is 4. The second kappa shape index (κ2) is 28.0. The van der Waals surface area contributed by atoms with E-state index in [0.29, 0.717) is 67.4 Å². The quantitative estimate of drug-likeness (QED) is 0.0783. The Morgan fingerprint density at radius 1 is 0.483 bits per heavy atom. The van der Waals surface area contributed by atoms with Gasteiger partial charge >= 0.3 is 0 Å². The molecule has 0 aliphatic heterocycles. The molecular formula is C50H88N2O8. The van der Waals surface area contributed by atoms with Crippen molar-refractivity contribution in [1.29, 1.82) is 0 Å². The molecule has 0 heterocycles. The van der Waals surface area contributed by atoms with Crippen molar-refractivity contribution in [3.8, 4) is 0 Å². The van der Waals surface area contributed by atoms with Crippen LogP contribution in [0.2, 0.25) is 0 Å². The van der Waals surface area contributed by atoms with Gasteiger partial charge in [-0.05, 0) is 173 Å². The first-order valence-corrected chi connectivity index (χ1v) is 24.9. The Morgan fingerprint density at radius 3 is 1.30 bits per heavy atom. The Bertz CT molecular complexity index is 1230. The number of carbonyl (C=O) groups is 4. The van der Waals surface area contributed by atoms with Gasteiger partial charge in [-0.2, -0.15) is 0 Å². The Balaban J connectivity index is 0.936. The third kappa shape index (κ3) is 19.7. The molecule has 4 saturated carbocycles. The first-order chi connectivity index (χ1) is 28.9. The monoisotopic (exact) mass is 845 g/mol. The molecule has 0 bridgehead atoms. The summed E-state index contributed by atoms with van der Waals surface area (Å²) in [5, 5.41) is 6.41. The number of carbonyl (C=O) groups excluding carboxylic acids is 4. The van der Waals surface area contributed by atoms with Gasteiger partial charge in [0.15, 0.2) is 0 Å². The van der Waals surface area contributed by atoms with E-state index in [1.54, 1.807) is 0 Å². The molecule has 60 heavy (non-hydrogen) atoms. The number of Topliss-reactive ketones (excluding diaryl/α,β-unsaturated/α-hetero) is 2. The van der Waals surface area contributed by atoms with Gasteiger partial charge in [-0.15, -0.1) is 0 Å². The van der Waals surface area contributed by atoms with Gasteiger partial charge in [-0.3, -0.25) is 19.2 Å². The van der Waals surface area contributed by atoms with Crippen molar-refractivity contribution < 1.29 is 38.1 Å². The molecule has 0 saturated heterocycles. The first-order valence-electron chi connectivity index (χ1n) is 24.9. The summed E-state index contributed by atoms with van der Waals surface area (Å²) in [6, 6.07) is 0.385. The zero-order chi connectivity index (χ0) is 43.3.